The average Bonchev–Trinajstić information content (AvgIpc) is 2.82. The number of hydrogen-bond acceptors (Lipinski definition) is 3. The summed E-state index contributed by atoms with van der Waals surface area (Å²) >= 11 is 0. The van der Waals surface area contributed by atoms with Crippen LogP contribution in [0.15, 0.2) is 36.5 Å². The van der Waals surface area contributed by atoms with Gasteiger partial charge in [0.25, 0.3) is 0 Å². The molecule has 2 atom stereocenters. The van der Waals surface area contributed by atoms with Gasteiger partial charge >= 0.3 is 0 Å². The summed E-state index contributed by atoms with van der Waals surface area (Å²) < 4.78 is 0. The molecule has 0 aromatic rings. The fourth-order valence-corrected chi connectivity index (χ4v) is 3.66. The van der Waals surface area contributed by atoms with E-state index in [2.05, 4.69) is 43.5 Å². The predicted molar refractivity (Wildman–Crippen MR) is 142 cm³/mol. The molecule has 0 aromatic heterocycles. The van der Waals surface area contributed by atoms with Crippen molar-refractivity contribution in [1.82, 2.24) is 5.32 Å². The van der Waals surface area contributed by atoms with Gasteiger partial charge in [0.1, 0.15) is 0 Å². The van der Waals surface area contributed by atoms with Crippen LogP contribution in [0.4, 0.5) is 0 Å². The zero-order chi connectivity index (χ0) is 24.4. The van der Waals surface area contributed by atoms with E-state index in [0.29, 0.717) is 6.42 Å². The molecule has 0 radical (unpaired) electrons. The van der Waals surface area contributed by atoms with Crippen LogP contribution in [0.1, 0.15) is 123 Å². The highest BCUT2D eigenvalue weighted by Gasteiger charge is 2.17. The van der Waals surface area contributed by atoms with Crippen molar-refractivity contribution >= 4 is 5.91 Å². The molecule has 0 saturated carbocycles. The number of carbonyl (C=O) groups is 1. The molecule has 0 aliphatic carbocycles. The minimum absolute atomic E-state index is 0.0870. The van der Waals surface area contributed by atoms with Crippen molar-refractivity contribution in [1.29, 1.82) is 0 Å². The van der Waals surface area contributed by atoms with E-state index >= 15 is 0 Å². The third-order valence-corrected chi connectivity index (χ3v) is 5.87. The minimum Gasteiger partial charge on any atom is -0.394 e. The van der Waals surface area contributed by atoms with Crippen molar-refractivity contribution in [2.75, 3.05) is 6.61 Å². The second kappa shape index (κ2) is 25.2. The number of amides is 1. The van der Waals surface area contributed by atoms with Crippen LogP contribution >= 0.6 is 0 Å². The Morgan fingerprint density at radius 2 is 1.27 bits per heavy atom. The quantitative estimate of drug-likeness (QED) is 0.111. The Hall–Kier alpha value is -1.39. The lowest BCUT2D eigenvalue weighted by Gasteiger charge is -2.20. The smallest absolute Gasteiger partial charge is 0.220 e. The van der Waals surface area contributed by atoms with Crippen LogP contribution in [0.25, 0.3) is 0 Å². The van der Waals surface area contributed by atoms with Crippen molar-refractivity contribution in [3.63, 3.8) is 0 Å². The van der Waals surface area contributed by atoms with E-state index in [9.17, 15) is 15.0 Å². The molecule has 4 nitrogen and oxygen atoms in total. The Kier molecular flexibility index (Phi) is 24.2. The van der Waals surface area contributed by atoms with Gasteiger partial charge in [-0.2, -0.15) is 0 Å². The number of aliphatic hydroxyl groups excluding tert-OH is 2. The van der Waals surface area contributed by atoms with Crippen molar-refractivity contribution in [3.05, 3.63) is 36.5 Å². The Labute approximate surface area is 204 Å². The molecular formula is C29H53NO3. The lowest BCUT2D eigenvalue weighted by Crippen LogP contribution is -2.45. The molecule has 0 aliphatic heterocycles. The third-order valence-electron chi connectivity index (χ3n) is 5.87. The molecule has 0 aliphatic rings. The molecule has 0 heterocycles. The number of rotatable bonds is 23. The van der Waals surface area contributed by atoms with E-state index in [4.69, 9.17) is 0 Å². The fraction of sp³-hybridized carbons (Fsp3) is 0.759. The van der Waals surface area contributed by atoms with Crippen molar-refractivity contribution in [3.8, 4) is 0 Å². The van der Waals surface area contributed by atoms with E-state index in [1.807, 2.05) is 6.08 Å². The maximum absolute atomic E-state index is 12.1. The van der Waals surface area contributed by atoms with Gasteiger partial charge in [-0.25, -0.2) is 0 Å². The van der Waals surface area contributed by atoms with E-state index in [-0.39, 0.29) is 12.5 Å². The normalized spacial score (nSPS) is 13.9. The summed E-state index contributed by atoms with van der Waals surface area (Å²) in [5.41, 5.74) is 0. The molecule has 0 rings (SSSR count). The number of hydrogen-bond donors (Lipinski definition) is 3. The van der Waals surface area contributed by atoms with Gasteiger partial charge in [0.15, 0.2) is 0 Å². The highest BCUT2D eigenvalue weighted by atomic mass is 16.3. The molecule has 0 aromatic carbocycles. The SMILES string of the molecule is CCCC/C=C\C/C=C\CCCCCCCC(=O)NC(CO)C(O)/C=C/CCCCCCC. The van der Waals surface area contributed by atoms with Gasteiger partial charge in [0.05, 0.1) is 18.8 Å². The molecule has 192 valence electrons. The second-order valence-corrected chi connectivity index (χ2v) is 9.11. The summed E-state index contributed by atoms with van der Waals surface area (Å²) in [4.78, 5) is 12.1. The summed E-state index contributed by atoms with van der Waals surface area (Å²) in [5.74, 6) is -0.0870. The number of carbonyl (C=O) groups excluding carboxylic acids is 1. The predicted octanol–water partition coefficient (Wildman–Crippen LogP) is 7.16. The first kappa shape index (κ1) is 31.6. The topological polar surface area (TPSA) is 69.6 Å². The number of unbranched alkanes of at least 4 members (excludes halogenated alkanes) is 12. The van der Waals surface area contributed by atoms with Gasteiger partial charge in [0.2, 0.25) is 5.91 Å². The summed E-state index contributed by atoms with van der Waals surface area (Å²) in [6.07, 6.45) is 30.7. The molecule has 33 heavy (non-hydrogen) atoms. The first-order valence-electron chi connectivity index (χ1n) is 13.7. The first-order valence-corrected chi connectivity index (χ1v) is 13.7. The Bertz CT molecular complexity index is 513. The van der Waals surface area contributed by atoms with Crippen molar-refractivity contribution < 1.29 is 15.0 Å². The Morgan fingerprint density at radius 1 is 0.727 bits per heavy atom. The largest absolute Gasteiger partial charge is 0.394 e. The van der Waals surface area contributed by atoms with Crippen LogP contribution in [0.2, 0.25) is 0 Å². The minimum atomic E-state index is -0.838. The highest BCUT2D eigenvalue weighted by molar-refractivity contribution is 5.76. The lowest BCUT2D eigenvalue weighted by atomic mass is 10.1. The van der Waals surface area contributed by atoms with Crippen LogP contribution in [-0.4, -0.2) is 34.9 Å². The van der Waals surface area contributed by atoms with E-state index in [1.54, 1.807) is 6.08 Å². The Balaban J connectivity index is 3.73. The molecular weight excluding hydrogens is 410 g/mol. The highest BCUT2D eigenvalue weighted by Crippen LogP contribution is 2.09. The number of allylic oxidation sites excluding steroid dienone is 5. The van der Waals surface area contributed by atoms with Crippen LogP contribution in [0, 0.1) is 0 Å². The van der Waals surface area contributed by atoms with Gasteiger partial charge in [0, 0.05) is 6.42 Å². The van der Waals surface area contributed by atoms with Gasteiger partial charge < -0.3 is 15.5 Å². The standard InChI is InChI=1S/C29H53NO3/c1-3-5-7-9-11-12-13-14-15-16-17-19-21-23-25-29(33)30-27(26-31)28(32)24-22-20-18-10-8-6-4-2/h9,11,13-14,22,24,27-28,31-32H,3-8,10,12,15-21,23,25-26H2,1-2H3,(H,30,33)/b11-9-,14-13-,24-22+. The molecule has 3 N–H and O–H groups in total. The summed E-state index contributed by atoms with van der Waals surface area (Å²) in [6, 6.07) is -0.623. The summed E-state index contributed by atoms with van der Waals surface area (Å²) in [6.45, 7) is 4.17. The monoisotopic (exact) mass is 463 g/mol. The fourth-order valence-electron chi connectivity index (χ4n) is 3.66. The second-order valence-electron chi connectivity index (χ2n) is 9.11. The molecule has 4 heteroatoms. The molecule has 0 spiro atoms. The first-order chi connectivity index (χ1) is 16.2. The van der Waals surface area contributed by atoms with Crippen molar-refractivity contribution in [2.24, 2.45) is 0 Å². The number of nitrogens with one attached hydrogen (secondary N) is 1. The number of aliphatic hydroxyl groups is 2. The van der Waals surface area contributed by atoms with Crippen molar-refractivity contribution in [2.45, 2.75) is 135 Å². The molecule has 0 saturated heterocycles. The van der Waals surface area contributed by atoms with Gasteiger partial charge in [-0.15, -0.1) is 0 Å². The van der Waals surface area contributed by atoms with Crippen LogP contribution in [0.3, 0.4) is 0 Å². The molecule has 0 bridgehead atoms. The van der Waals surface area contributed by atoms with Gasteiger partial charge in [-0.1, -0.05) is 108 Å². The van der Waals surface area contributed by atoms with Crippen LogP contribution in [-0.2, 0) is 4.79 Å². The van der Waals surface area contributed by atoms with Crippen LogP contribution < -0.4 is 5.32 Å². The maximum atomic E-state index is 12.1. The van der Waals surface area contributed by atoms with E-state index < -0.39 is 12.1 Å². The molecule has 1 amide bonds. The lowest BCUT2D eigenvalue weighted by molar-refractivity contribution is -0.123. The summed E-state index contributed by atoms with van der Waals surface area (Å²) in [7, 11) is 0. The van der Waals surface area contributed by atoms with E-state index in [1.165, 1.54) is 57.8 Å². The van der Waals surface area contributed by atoms with Gasteiger partial charge in [-0.05, 0) is 44.9 Å². The Morgan fingerprint density at radius 3 is 1.91 bits per heavy atom. The summed E-state index contributed by atoms with van der Waals surface area (Å²) in [5, 5.41) is 22.5. The zero-order valence-electron chi connectivity index (χ0n) is 21.6. The molecule has 2 unspecified atom stereocenters. The zero-order valence-corrected chi connectivity index (χ0v) is 21.6. The maximum Gasteiger partial charge on any atom is 0.220 e. The van der Waals surface area contributed by atoms with Crippen LogP contribution in [0.5, 0.6) is 0 Å². The van der Waals surface area contributed by atoms with E-state index in [0.717, 1.165) is 44.9 Å². The average molecular weight is 464 g/mol. The molecule has 0 fully saturated rings. The van der Waals surface area contributed by atoms with Gasteiger partial charge in [-0.3, -0.25) is 4.79 Å². The third kappa shape index (κ3) is 22.2.